The molecule has 0 radical (unpaired) electrons. The highest BCUT2D eigenvalue weighted by Crippen LogP contribution is 2.30. The molecule has 0 aliphatic rings. The largest absolute Gasteiger partial charge is 0.416 e. The lowest BCUT2D eigenvalue weighted by Crippen LogP contribution is -2.22. The Hall–Kier alpha value is -3.59. The van der Waals surface area contributed by atoms with E-state index >= 15 is 0 Å². The number of hydrogen-bond donors (Lipinski definition) is 1. The average Bonchev–Trinajstić information content (AvgIpc) is 3.30. The molecule has 0 fully saturated rings. The highest BCUT2D eigenvalue weighted by atomic mass is 32.2. The summed E-state index contributed by atoms with van der Waals surface area (Å²) < 4.78 is 40.5. The van der Waals surface area contributed by atoms with Crippen LogP contribution in [-0.2, 0) is 17.5 Å². The minimum absolute atomic E-state index is 0.0542. The number of para-hydroxylation sites is 1. The number of benzene rings is 3. The first kappa shape index (κ1) is 24.5. The fraction of sp³-hybridized carbons (Fsp3) is 0.192. The summed E-state index contributed by atoms with van der Waals surface area (Å²) >= 11 is 1.50. The quantitative estimate of drug-likeness (QED) is 0.223. The lowest BCUT2D eigenvalue weighted by molar-refractivity contribution is -0.137. The van der Waals surface area contributed by atoms with E-state index in [0.717, 1.165) is 34.4 Å². The van der Waals surface area contributed by atoms with Gasteiger partial charge in [-0.1, -0.05) is 72.4 Å². The standard InChI is InChI=1S/C26H23F3N4OS/c27-26(28,29)21-12-7-9-19(17-21)18-30-23(34)15-8-16-35-25-32-31-24(20-10-3-1-4-11-20)33(25)22-13-5-2-6-14-22/h1-7,9-14,17H,8,15-16,18H2,(H,30,34). The predicted molar refractivity (Wildman–Crippen MR) is 130 cm³/mol. The van der Waals surface area contributed by atoms with Crippen molar-refractivity contribution in [1.82, 2.24) is 20.1 Å². The third-order valence-corrected chi connectivity index (χ3v) is 6.22. The molecule has 0 bridgehead atoms. The molecule has 35 heavy (non-hydrogen) atoms. The molecule has 1 N–H and O–H groups in total. The van der Waals surface area contributed by atoms with E-state index in [4.69, 9.17) is 0 Å². The highest BCUT2D eigenvalue weighted by Gasteiger charge is 2.30. The number of aromatic nitrogens is 3. The van der Waals surface area contributed by atoms with Crippen LogP contribution in [0.4, 0.5) is 13.2 Å². The van der Waals surface area contributed by atoms with Gasteiger partial charge in [0.1, 0.15) is 0 Å². The molecule has 4 rings (SSSR count). The van der Waals surface area contributed by atoms with Crippen molar-refractivity contribution in [3.63, 3.8) is 0 Å². The molecule has 0 saturated heterocycles. The molecule has 1 amide bonds. The van der Waals surface area contributed by atoms with Gasteiger partial charge in [-0.2, -0.15) is 13.2 Å². The first-order valence-electron chi connectivity index (χ1n) is 11.0. The molecule has 0 aliphatic heterocycles. The number of hydrogen-bond acceptors (Lipinski definition) is 4. The zero-order chi connectivity index (χ0) is 24.7. The van der Waals surface area contributed by atoms with Crippen molar-refractivity contribution in [2.45, 2.75) is 30.7 Å². The van der Waals surface area contributed by atoms with Crippen LogP contribution in [0.2, 0.25) is 0 Å². The SMILES string of the molecule is O=C(CCCSc1nnc(-c2ccccc2)n1-c1ccccc1)NCc1cccc(C(F)(F)F)c1. The summed E-state index contributed by atoms with van der Waals surface area (Å²) in [6, 6.07) is 24.6. The first-order chi connectivity index (χ1) is 16.9. The van der Waals surface area contributed by atoms with Crippen molar-refractivity contribution in [1.29, 1.82) is 0 Å². The Morgan fingerprint density at radius 2 is 1.63 bits per heavy atom. The molecule has 1 heterocycles. The van der Waals surface area contributed by atoms with Crippen LogP contribution in [-0.4, -0.2) is 26.4 Å². The molecular weight excluding hydrogens is 473 g/mol. The second-order valence-corrected chi connectivity index (χ2v) is 8.83. The monoisotopic (exact) mass is 496 g/mol. The maximum Gasteiger partial charge on any atom is 0.416 e. The van der Waals surface area contributed by atoms with Crippen molar-refractivity contribution in [3.05, 3.63) is 96.1 Å². The van der Waals surface area contributed by atoms with Crippen LogP contribution in [0.25, 0.3) is 17.1 Å². The number of thioether (sulfide) groups is 1. The van der Waals surface area contributed by atoms with Crippen LogP contribution in [0.3, 0.4) is 0 Å². The highest BCUT2D eigenvalue weighted by molar-refractivity contribution is 7.99. The van der Waals surface area contributed by atoms with Gasteiger partial charge in [-0.3, -0.25) is 9.36 Å². The Labute approximate surface area is 205 Å². The third-order valence-electron chi connectivity index (χ3n) is 5.20. The second kappa shape index (κ2) is 11.2. The molecule has 180 valence electrons. The van der Waals surface area contributed by atoms with Gasteiger partial charge in [-0.15, -0.1) is 10.2 Å². The number of carbonyl (C=O) groups is 1. The summed E-state index contributed by atoms with van der Waals surface area (Å²) in [6.45, 7) is 0.0542. The van der Waals surface area contributed by atoms with Crippen LogP contribution in [0.5, 0.6) is 0 Å². The number of amides is 1. The van der Waals surface area contributed by atoms with Gasteiger partial charge in [-0.25, -0.2) is 0 Å². The minimum atomic E-state index is -4.40. The number of halogens is 3. The summed E-state index contributed by atoms with van der Waals surface area (Å²) in [5.41, 5.74) is 1.58. The Bertz CT molecular complexity index is 1260. The maximum atomic E-state index is 12.8. The predicted octanol–water partition coefficient (Wildman–Crippen LogP) is 6.14. The molecule has 9 heteroatoms. The molecule has 5 nitrogen and oxygen atoms in total. The van der Waals surface area contributed by atoms with Crippen molar-refractivity contribution < 1.29 is 18.0 Å². The van der Waals surface area contributed by atoms with Crippen LogP contribution in [0.1, 0.15) is 24.0 Å². The summed E-state index contributed by atoms with van der Waals surface area (Å²) in [7, 11) is 0. The average molecular weight is 497 g/mol. The number of alkyl halides is 3. The normalized spacial score (nSPS) is 11.4. The van der Waals surface area contributed by atoms with Gasteiger partial charge in [0.15, 0.2) is 11.0 Å². The van der Waals surface area contributed by atoms with Gasteiger partial charge in [0, 0.05) is 30.0 Å². The van der Waals surface area contributed by atoms with Gasteiger partial charge in [-0.05, 0) is 36.2 Å². The Morgan fingerprint density at radius 1 is 0.914 bits per heavy atom. The third kappa shape index (κ3) is 6.51. The minimum Gasteiger partial charge on any atom is -0.352 e. The van der Waals surface area contributed by atoms with Gasteiger partial charge in [0.25, 0.3) is 0 Å². The van der Waals surface area contributed by atoms with Gasteiger partial charge in [0.05, 0.1) is 5.56 Å². The van der Waals surface area contributed by atoms with Crippen molar-refractivity contribution in [2.75, 3.05) is 5.75 Å². The van der Waals surface area contributed by atoms with Gasteiger partial charge >= 0.3 is 6.18 Å². The smallest absolute Gasteiger partial charge is 0.352 e. The molecule has 0 unspecified atom stereocenters. The number of nitrogens with one attached hydrogen (secondary N) is 1. The molecule has 1 aromatic heterocycles. The Kier molecular flexibility index (Phi) is 7.87. The zero-order valence-electron chi connectivity index (χ0n) is 18.7. The molecule has 0 spiro atoms. The van der Waals surface area contributed by atoms with E-state index in [2.05, 4.69) is 15.5 Å². The molecule has 4 aromatic rings. The Morgan fingerprint density at radius 3 is 2.34 bits per heavy atom. The van der Waals surface area contributed by atoms with E-state index in [1.54, 1.807) is 6.07 Å². The van der Waals surface area contributed by atoms with Crippen molar-refractivity contribution in [2.24, 2.45) is 0 Å². The molecule has 0 saturated carbocycles. The summed E-state index contributed by atoms with van der Waals surface area (Å²) in [6.07, 6.45) is -3.56. The van der Waals surface area contributed by atoms with E-state index in [9.17, 15) is 18.0 Å². The van der Waals surface area contributed by atoms with E-state index in [1.807, 2.05) is 65.2 Å². The molecule has 0 aliphatic carbocycles. The van der Waals surface area contributed by atoms with Crippen LogP contribution < -0.4 is 5.32 Å². The maximum absolute atomic E-state index is 12.8. The fourth-order valence-electron chi connectivity index (χ4n) is 3.49. The molecule has 0 atom stereocenters. The van der Waals surface area contributed by atoms with E-state index in [-0.39, 0.29) is 18.9 Å². The van der Waals surface area contributed by atoms with Crippen LogP contribution in [0.15, 0.2) is 90.1 Å². The summed E-state index contributed by atoms with van der Waals surface area (Å²) in [4.78, 5) is 12.2. The first-order valence-corrected chi connectivity index (χ1v) is 12.0. The number of carbonyl (C=O) groups excluding carboxylic acids is 1. The topological polar surface area (TPSA) is 59.8 Å². The van der Waals surface area contributed by atoms with E-state index in [0.29, 0.717) is 17.7 Å². The van der Waals surface area contributed by atoms with Crippen LogP contribution in [0, 0.1) is 0 Å². The summed E-state index contributed by atoms with van der Waals surface area (Å²) in [5.74, 6) is 1.16. The van der Waals surface area contributed by atoms with Crippen molar-refractivity contribution >= 4 is 17.7 Å². The number of rotatable bonds is 9. The van der Waals surface area contributed by atoms with Crippen LogP contribution >= 0.6 is 11.8 Å². The molecule has 3 aromatic carbocycles. The molecular formula is C26H23F3N4OS. The number of nitrogens with zero attached hydrogens (tertiary/aromatic N) is 3. The second-order valence-electron chi connectivity index (χ2n) is 7.77. The Balaban J connectivity index is 1.33. The van der Waals surface area contributed by atoms with Gasteiger partial charge in [0.2, 0.25) is 5.91 Å². The van der Waals surface area contributed by atoms with E-state index in [1.165, 1.54) is 17.8 Å². The zero-order valence-corrected chi connectivity index (χ0v) is 19.5. The van der Waals surface area contributed by atoms with Gasteiger partial charge < -0.3 is 5.32 Å². The summed E-state index contributed by atoms with van der Waals surface area (Å²) in [5, 5.41) is 12.2. The fourth-order valence-corrected chi connectivity index (χ4v) is 4.38. The lowest BCUT2D eigenvalue weighted by Gasteiger charge is -2.11. The van der Waals surface area contributed by atoms with Crippen molar-refractivity contribution in [3.8, 4) is 17.1 Å². The van der Waals surface area contributed by atoms with E-state index < -0.39 is 11.7 Å². The lowest BCUT2D eigenvalue weighted by atomic mass is 10.1.